The van der Waals surface area contributed by atoms with Crippen molar-refractivity contribution in [1.29, 1.82) is 0 Å². The summed E-state index contributed by atoms with van der Waals surface area (Å²) in [4.78, 5) is 14.6. The zero-order valence-corrected chi connectivity index (χ0v) is 16.0. The molecule has 0 aliphatic rings. The molecule has 5 heteroatoms. The van der Waals surface area contributed by atoms with Crippen molar-refractivity contribution < 1.29 is 14.3 Å². The van der Waals surface area contributed by atoms with Crippen LogP contribution in [0.2, 0.25) is 0 Å². The van der Waals surface area contributed by atoms with E-state index in [4.69, 9.17) is 9.47 Å². The van der Waals surface area contributed by atoms with Crippen LogP contribution in [0.5, 0.6) is 11.5 Å². The number of nitrogens with zero attached hydrogens (tertiary/aromatic N) is 1. The van der Waals surface area contributed by atoms with Crippen LogP contribution in [0.15, 0.2) is 42.5 Å². The van der Waals surface area contributed by atoms with E-state index in [-0.39, 0.29) is 12.3 Å². The highest BCUT2D eigenvalue weighted by Crippen LogP contribution is 2.25. The number of methoxy groups -OCH3 is 2. The van der Waals surface area contributed by atoms with E-state index in [9.17, 15) is 4.79 Å². The van der Waals surface area contributed by atoms with Gasteiger partial charge in [-0.2, -0.15) is 0 Å². The van der Waals surface area contributed by atoms with Crippen LogP contribution in [0.3, 0.4) is 0 Å². The van der Waals surface area contributed by atoms with Crippen molar-refractivity contribution in [2.75, 3.05) is 38.8 Å². The third-order valence-corrected chi connectivity index (χ3v) is 4.39. The van der Waals surface area contributed by atoms with Crippen molar-refractivity contribution in [3.63, 3.8) is 0 Å². The molecule has 1 N–H and O–H groups in total. The van der Waals surface area contributed by atoms with E-state index in [0.717, 1.165) is 18.7 Å². The second kappa shape index (κ2) is 9.70. The summed E-state index contributed by atoms with van der Waals surface area (Å²) in [6.45, 7) is 6.49. The summed E-state index contributed by atoms with van der Waals surface area (Å²) in [5, 5.41) is 3.00. The lowest BCUT2D eigenvalue weighted by Crippen LogP contribution is -2.35. The van der Waals surface area contributed by atoms with E-state index in [2.05, 4.69) is 36.2 Å². The molecule has 0 unspecified atom stereocenters. The number of nitrogens with one attached hydrogen (secondary N) is 1. The molecule has 2 aromatic carbocycles. The molecule has 0 bridgehead atoms. The number of para-hydroxylation sites is 1. The van der Waals surface area contributed by atoms with Crippen LogP contribution in [0.1, 0.15) is 18.1 Å². The standard InChI is InChI=1S/C21H28N2O3/c1-5-23(19-9-7-6-8-16(19)2)13-12-22-21(24)14-17-10-11-18(25-3)15-20(17)26-4/h6-11,15H,5,12-14H2,1-4H3,(H,22,24). The Labute approximate surface area is 155 Å². The van der Waals surface area contributed by atoms with E-state index in [1.807, 2.05) is 24.3 Å². The van der Waals surface area contributed by atoms with Gasteiger partial charge in [0.2, 0.25) is 5.91 Å². The number of carbonyl (C=O) groups excluding carboxylic acids is 1. The Kier molecular flexibility index (Phi) is 7.33. The Hall–Kier alpha value is -2.69. The van der Waals surface area contributed by atoms with Crippen LogP contribution in [0, 0.1) is 6.92 Å². The highest BCUT2D eigenvalue weighted by atomic mass is 16.5. The third kappa shape index (κ3) is 5.15. The largest absolute Gasteiger partial charge is 0.497 e. The first-order chi connectivity index (χ1) is 12.6. The Morgan fingerprint density at radius 3 is 2.54 bits per heavy atom. The Morgan fingerprint density at radius 2 is 1.88 bits per heavy atom. The number of carbonyl (C=O) groups is 1. The predicted octanol–water partition coefficient (Wildman–Crippen LogP) is 3.20. The van der Waals surface area contributed by atoms with Gasteiger partial charge in [0.1, 0.15) is 11.5 Å². The maximum absolute atomic E-state index is 12.3. The Morgan fingerprint density at radius 1 is 1.12 bits per heavy atom. The molecule has 5 nitrogen and oxygen atoms in total. The maximum atomic E-state index is 12.3. The van der Waals surface area contributed by atoms with Gasteiger partial charge in [-0.05, 0) is 31.5 Å². The lowest BCUT2D eigenvalue weighted by Gasteiger charge is -2.25. The fourth-order valence-electron chi connectivity index (χ4n) is 2.93. The summed E-state index contributed by atoms with van der Waals surface area (Å²) in [6.07, 6.45) is 0.281. The number of anilines is 1. The van der Waals surface area contributed by atoms with Gasteiger partial charge >= 0.3 is 0 Å². The van der Waals surface area contributed by atoms with Crippen LogP contribution >= 0.6 is 0 Å². The van der Waals surface area contributed by atoms with Gasteiger partial charge in [0, 0.05) is 37.0 Å². The molecule has 0 spiro atoms. The van der Waals surface area contributed by atoms with Gasteiger partial charge in [-0.25, -0.2) is 0 Å². The molecule has 0 radical (unpaired) electrons. The average molecular weight is 356 g/mol. The topological polar surface area (TPSA) is 50.8 Å². The van der Waals surface area contributed by atoms with Crippen molar-refractivity contribution in [1.82, 2.24) is 5.32 Å². The average Bonchev–Trinajstić information content (AvgIpc) is 2.66. The van der Waals surface area contributed by atoms with Gasteiger partial charge < -0.3 is 19.7 Å². The normalized spacial score (nSPS) is 10.3. The number of hydrogen-bond acceptors (Lipinski definition) is 4. The molecular weight excluding hydrogens is 328 g/mol. The second-order valence-corrected chi connectivity index (χ2v) is 6.07. The summed E-state index contributed by atoms with van der Waals surface area (Å²) >= 11 is 0. The molecule has 0 fully saturated rings. The number of rotatable bonds is 9. The van der Waals surface area contributed by atoms with Gasteiger partial charge in [0.15, 0.2) is 0 Å². The minimum absolute atomic E-state index is 0.0192. The maximum Gasteiger partial charge on any atom is 0.224 e. The van der Waals surface area contributed by atoms with Crippen molar-refractivity contribution in [3.05, 3.63) is 53.6 Å². The van der Waals surface area contributed by atoms with Crippen LogP contribution in [-0.4, -0.2) is 39.8 Å². The summed E-state index contributed by atoms with van der Waals surface area (Å²) in [6, 6.07) is 13.8. The summed E-state index contributed by atoms with van der Waals surface area (Å²) in [7, 11) is 3.20. The first kappa shape index (κ1) is 19.6. The summed E-state index contributed by atoms with van der Waals surface area (Å²) in [5.74, 6) is 1.35. The van der Waals surface area contributed by atoms with Crippen LogP contribution in [-0.2, 0) is 11.2 Å². The quantitative estimate of drug-likeness (QED) is 0.750. The molecule has 2 aromatic rings. The van der Waals surface area contributed by atoms with Gasteiger partial charge in [0.25, 0.3) is 0 Å². The predicted molar refractivity (Wildman–Crippen MR) is 105 cm³/mol. The molecule has 0 aliphatic carbocycles. The number of ether oxygens (including phenoxy) is 2. The van der Waals surface area contributed by atoms with Gasteiger partial charge in [0.05, 0.1) is 20.6 Å². The van der Waals surface area contributed by atoms with Gasteiger partial charge in [-0.3, -0.25) is 4.79 Å². The molecule has 26 heavy (non-hydrogen) atoms. The molecule has 0 heterocycles. The van der Waals surface area contributed by atoms with Crippen molar-refractivity contribution in [2.24, 2.45) is 0 Å². The molecule has 1 amide bonds. The number of amides is 1. The second-order valence-electron chi connectivity index (χ2n) is 6.07. The lowest BCUT2D eigenvalue weighted by molar-refractivity contribution is -0.120. The molecule has 2 rings (SSSR count). The molecule has 140 valence electrons. The molecule has 0 aromatic heterocycles. The first-order valence-electron chi connectivity index (χ1n) is 8.87. The number of aryl methyl sites for hydroxylation is 1. The van der Waals surface area contributed by atoms with E-state index in [0.29, 0.717) is 18.0 Å². The molecule has 0 atom stereocenters. The fraction of sp³-hybridized carbons (Fsp3) is 0.381. The van der Waals surface area contributed by atoms with E-state index in [1.165, 1.54) is 11.3 Å². The highest BCUT2D eigenvalue weighted by Gasteiger charge is 2.11. The van der Waals surface area contributed by atoms with E-state index in [1.54, 1.807) is 20.3 Å². The molecule has 0 saturated carbocycles. The highest BCUT2D eigenvalue weighted by molar-refractivity contribution is 5.79. The zero-order valence-electron chi connectivity index (χ0n) is 16.0. The SMILES string of the molecule is CCN(CCNC(=O)Cc1ccc(OC)cc1OC)c1ccccc1C. The van der Waals surface area contributed by atoms with Crippen LogP contribution in [0.4, 0.5) is 5.69 Å². The summed E-state index contributed by atoms with van der Waals surface area (Å²) < 4.78 is 10.5. The fourth-order valence-corrected chi connectivity index (χ4v) is 2.93. The number of hydrogen-bond donors (Lipinski definition) is 1. The smallest absolute Gasteiger partial charge is 0.224 e. The van der Waals surface area contributed by atoms with E-state index >= 15 is 0 Å². The zero-order chi connectivity index (χ0) is 18.9. The van der Waals surface area contributed by atoms with Crippen molar-refractivity contribution >= 4 is 11.6 Å². The van der Waals surface area contributed by atoms with Gasteiger partial charge in [-0.1, -0.05) is 24.3 Å². The summed E-state index contributed by atoms with van der Waals surface area (Å²) in [5.41, 5.74) is 3.29. The minimum Gasteiger partial charge on any atom is -0.497 e. The minimum atomic E-state index is -0.0192. The van der Waals surface area contributed by atoms with Crippen molar-refractivity contribution in [2.45, 2.75) is 20.3 Å². The van der Waals surface area contributed by atoms with Crippen molar-refractivity contribution in [3.8, 4) is 11.5 Å². The number of likely N-dealkylation sites (N-methyl/N-ethyl adjacent to an activating group) is 1. The monoisotopic (exact) mass is 356 g/mol. The van der Waals surface area contributed by atoms with Gasteiger partial charge in [-0.15, -0.1) is 0 Å². The molecular formula is C21H28N2O3. The third-order valence-electron chi connectivity index (χ3n) is 4.39. The Balaban J connectivity index is 1.90. The molecule has 0 aliphatic heterocycles. The van der Waals surface area contributed by atoms with E-state index < -0.39 is 0 Å². The first-order valence-corrected chi connectivity index (χ1v) is 8.87. The van der Waals surface area contributed by atoms with Crippen LogP contribution in [0.25, 0.3) is 0 Å². The Bertz CT molecular complexity index is 731. The molecule has 0 saturated heterocycles. The lowest BCUT2D eigenvalue weighted by atomic mass is 10.1. The number of benzene rings is 2. The van der Waals surface area contributed by atoms with Crippen LogP contribution < -0.4 is 19.7 Å².